The van der Waals surface area contributed by atoms with Crippen LogP contribution in [0.25, 0.3) is 0 Å². The lowest BCUT2D eigenvalue weighted by Crippen LogP contribution is -2.35. The Bertz CT molecular complexity index is 281. The van der Waals surface area contributed by atoms with E-state index in [0.29, 0.717) is 0 Å². The maximum absolute atomic E-state index is 13.6. The summed E-state index contributed by atoms with van der Waals surface area (Å²) in [6.07, 6.45) is -5.76. The maximum Gasteiger partial charge on any atom is 0.303 e. The Balaban J connectivity index is 2.52. The summed E-state index contributed by atoms with van der Waals surface area (Å²) < 4.78 is 27.4. The lowest BCUT2D eigenvalue weighted by Gasteiger charge is -2.15. The fraction of sp³-hybridized carbons (Fsp3) is 0.778. The molecule has 0 amide bonds. The summed E-state index contributed by atoms with van der Waals surface area (Å²) in [6, 6.07) is 0. The van der Waals surface area contributed by atoms with Crippen molar-refractivity contribution in [2.75, 3.05) is 6.61 Å². The molecule has 7 heteroatoms. The molecule has 0 spiro atoms. The van der Waals surface area contributed by atoms with Crippen LogP contribution in [0.5, 0.6) is 0 Å². The van der Waals surface area contributed by atoms with Crippen LogP contribution < -0.4 is 0 Å². The summed E-state index contributed by atoms with van der Waals surface area (Å²) in [7, 11) is 0. The van der Waals surface area contributed by atoms with E-state index in [1.807, 2.05) is 0 Å². The van der Waals surface area contributed by atoms with Gasteiger partial charge in [-0.15, -0.1) is 0 Å². The molecule has 0 aliphatic carbocycles. The third kappa shape index (κ3) is 3.14. The van der Waals surface area contributed by atoms with Crippen LogP contribution in [0, 0.1) is 0 Å². The first kappa shape index (κ1) is 12.9. The average molecular weight is 236 g/mol. The first-order valence-electron chi connectivity index (χ1n) is 4.70. The highest BCUT2D eigenvalue weighted by atomic mass is 19.1. The number of ether oxygens (including phenoxy) is 3. The van der Waals surface area contributed by atoms with Crippen LogP contribution in [0.3, 0.4) is 0 Å². The van der Waals surface area contributed by atoms with Crippen molar-refractivity contribution < 1.29 is 33.3 Å². The van der Waals surface area contributed by atoms with Gasteiger partial charge in [-0.1, -0.05) is 0 Å². The van der Waals surface area contributed by atoms with Crippen LogP contribution >= 0.6 is 0 Å². The molecule has 1 rings (SSSR count). The second kappa shape index (κ2) is 5.22. The van der Waals surface area contributed by atoms with Gasteiger partial charge in [-0.25, -0.2) is 4.39 Å². The standard InChI is InChI=1S/C9H13FO6/c1-4(11)14-3-6-7(10)8(9(13)16-6)15-5(2)12/h6-9,13H,3H2,1-2H3/t6-,7-,8-,9?/m1/s1. The van der Waals surface area contributed by atoms with Gasteiger partial charge in [-0.3, -0.25) is 9.59 Å². The first-order valence-corrected chi connectivity index (χ1v) is 4.70. The van der Waals surface area contributed by atoms with Crippen molar-refractivity contribution in [3.05, 3.63) is 0 Å². The van der Waals surface area contributed by atoms with Gasteiger partial charge in [0.2, 0.25) is 0 Å². The number of hydrogen-bond donors (Lipinski definition) is 1. The molecule has 0 aromatic carbocycles. The number of rotatable bonds is 3. The van der Waals surface area contributed by atoms with Crippen molar-refractivity contribution >= 4 is 11.9 Å². The van der Waals surface area contributed by atoms with E-state index in [4.69, 9.17) is 4.74 Å². The van der Waals surface area contributed by atoms with Crippen LogP contribution in [-0.2, 0) is 23.8 Å². The average Bonchev–Trinajstić information content (AvgIpc) is 2.42. The Morgan fingerprint density at radius 2 is 2.00 bits per heavy atom. The SMILES string of the molecule is CC(=O)OC[C@H]1OC(O)[C@H](OC(C)=O)[C@@H]1F. The molecule has 1 aliphatic rings. The van der Waals surface area contributed by atoms with E-state index in [9.17, 15) is 19.1 Å². The van der Waals surface area contributed by atoms with E-state index < -0.39 is 36.6 Å². The van der Waals surface area contributed by atoms with Gasteiger partial charge in [0, 0.05) is 13.8 Å². The van der Waals surface area contributed by atoms with Gasteiger partial charge in [-0.2, -0.15) is 0 Å². The van der Waals surface area contributed by atoms with E-state index in [1.54, 1.807) is 0 Å². The monoisotopic (exact) mass is 236 g/mol. The van der Waals surface area contributed by atoms with Gasteiger partial charge in [0.1, 0.15) is 12.7 Å². The molecule has 16 heavy (non-hydrogen) atoms. The van der Waals surface area contributed by atoms with E-state index in [1.165, 1.54) is 6.92 Å². The highest BCUT2D eigenvalue weighted by Crippen LogP contribution is 2.25. The van der Waals surface area contributed by atoms with Gasteiger partial charge in [0.05, 0.1) is 0 Å². The van der Waals surface area contributed by atoms with E-state index in [2.05, 4.69) is 9.47 Å². The van der Waals surface area contributed by atoms with Crippen molar-refractivity contribution in [2.24, 2.45) is 0 Å². The minimum absolute atomic E-state index is 0.328. The number of carbonyl (C=O) groups is 2. The predicted molar refractivity (Wildman–Crippen MR) is 48.0 cm³/mol. The van der Waals surface area contributed by atoms with Crippen molar-refractivity contribution in [1.82, 2.24) is 0 Å². The molecule has 92 valence electrons. The summed E-state index contributed by atoms with van der Waals surface area (Å²) in [5, 5.41) is 9.26. The maximum atomic E-state index is 13.6. The zero-order valence-corrected chi connectivity index (χ0v) is 8.88. The fourth-order valence-corrected chi connectivity index (χ4v) is 1.35. The third-order valence-electron chi connectivity index (χ3n) is 2.02. The van der Waals surface area contributed by atoms with Gasteiger partial charge in [-0.05, 0) is 0 Å². The van der Waals surface area contributed by atoms with Crippen LogP contribution in [0.1, 0.15) is 13.8 Å². The van der Waals surface area contributed by atoms with E-state index in [0.717, 1.165) is 6.92 Å². The molecule has 4 atom stereocenters. The van der Waals surface area contributed by atoms with Crippen molar-refractivity contribution in [1.29, 1.82) is 0 Å². The molecular formula is C9H13FO6. The summed E-state index contributed by atoms with van der Waals surface area (Å²) in [5.41, 5.74) is 0. The Morgan fingerprint density at radius 3 is 2.50 bits per heavy atom. The Hall–Kier alpha value is -1.21. The Morgan fingerprint density at radius 1 is 1.38 bits per heavy atom. The molecule has 1 heterocycles. The number of halogens is 1. The molecule has 0 aromatic heterocycles. The lowest BCUT2D eigenvalue weighted by atomic mass is 10.2. The Labute approximate surface area is 91.3 Å². The zero-order valence-electron chi connectivity index (χ0n) is 8.88. The first-order chi connectivity index (χ1) is 7.41. The van der Waals surface area contributed by atoms with Crippen LogP contribution in [-0.4, -0.2) is 48.3 Å². The van der Waals surface area contributed by atoms with Gasteiger partial charge >= 0.3 is 11.9 Å². The third-order valence-corrected chi connectivity index (χ3v) is 2.02. The fourth-order valence-electron chi connectivity index (χ4n) is 1.35. The highest BCUT2D eigenvalue weighted by Gasteiger charge is 2.47. The summed E-state index contributed by atoms with van der Waals surface area (Å²) >= 11 is 0. The van der Waals surface area contributed by atoms with Gasteiger partial charge in [0.15, 0.2) is 18.6 Å². The molecule has 0 radical (unpaired) electrons. The van der Waals surface area contributed by atoms with Crippen molar-refractivity contribution in [3.63, 3.8) is 0 Å². The molecule has 1 saturated heterocycles. The number of hydrogen-bond acceptors (Lipinski definition) is 6. The number of carbonyl (C=O) groups excluding carboxylic acids is 2. The molecule has 1 aliphatic heterocycles. The van der Waals surface area contributed by atoms with Gasteiger partial charge in [0.25, 0.3) is 0 Å². The second-order valence-corrected chi connectivity index (χ2v) is 3.39. The van der Waals surface area contributed by atoms with Crippen molar-refractivity contribution in [3.8, 4) is 0 Å². The summed E-state index contributed by atoms with van der Waals surface area (Å²) in [5.74, 6) is -1.30. The minimum atomic E-state index is -1.72. The van der Waals surface area contributed by atoms with Crippen LogP contribution in [0.4, 0.5) is 4.39 Å². The highest BCUT2D eigenvalue weighted by molar-refractivity contribution is 5.66. The summed E-state index contributed by atoms with van der Waals surface area (Å²) in [6.45, 7) is 1.94. The molecule has 1 N–H and O–H groups in total. The molecule has 1 fully saturated rings. The zero-order chi connectivity index (χ0) is 12.3. The number of alkyl halides is 1. The van der Waals surface area contributed by atoms with Crippen LogP contribution in [0.15, 0.2) is 0 Å². The van der Waals surface area contributed by atoms with E-state index in [-0.39, 0.29) is 6.61 Å². The van der Waals surface area contributed by atoms with E-state index >= 15 is 0 Å². The normalized spacial score (nSPS) is 33.5. The Kier molecular flexibility index (Phi) is 4.19. The predicted octanol–water partition coefficient (Wildman–Crippen LogP) is -0.464. The number of aliphatic hydroxyl groups excluding tert-OH is 1. The molecule has 0 bridgehead atoms. The smallest absolute Gasteiger partial charge is 0.303 e. The molecule has 0 aromatic rings. The van der Waals surface area contributed by atoms with Crippen LogP contribution in [0.2, 0.25) is 0 Å². The lowest BCUT2D eigenvalue weighted by molar-refractivity contribution is -0.171. The second-order valence-electron chi connectivity index (χ2n) is 3.39. The molecule has 6 nitrogen and oxygen atoms in total. The largest absolute Gasteiger partial charge is 0.463 e. The van der Waals surface area contributed by atoms with Crippen molar-refractivity contribution in [2.45, 2.75) is 38.5 Å². The number of aliphatic hydroxyl groups is 1. The molecule has 0 saturated carbocycles. The number of esters is 2. The quantitative estimate of drug-likeness (QED) is 0.667. The molecule has 1 unspecified atom stereocenters. The minimum Gasteiger partial charge on any atom is -0.463 e. The van der Waals surface area contributed by atoms with Gasteiger partial charge < -0.3 is 19.3 Å². The topological polar surface area (TPSA) is 82.1 Å². The molecular weight excluding hydrogens is 223 g/mol. The summed E-state index contributed by atoms with van der Waals surface area (Å²) in [4.78, 5) is 21.1.